The predicted molar refractivity (Wildman–Crippen MR) is 70.4 cm³/mol. The van der Waals surface area contributed by atoms with Crippen LogP contribution in [0, 0.1) is 6.92 Å². The van der Waals surface area contributed by atoms with E-state index in [9.17, 15) is 4.79 Å². The van der Waals surface area contributed by atoms with Gasteiger partial charge in [-0.05, 0) is 25.1 Å². The second-order valence-electron chi connectivity index (χ2n) is 4.65. The Morgan fingerprint density at radius 3 is 3.00 bits per heavy atom. The van der Waals surface area contributed by atoms with Crippen LogP contribution >= 0.6 is 0 Å². The van der Waals surface area contributed by atoms with E-state index >= 15 is 0 Å². The molecule has 0 radical (unpaired) electrons. The third kappa shape index (κ3) is 2.16. The maximum Gasteiger partial charge on any atom is 0.254 e. The third-order valence-corrected chi connectivity index (χ3v) is 3.19. The Bertz CT molecular complexity index is 634. The van der Waals surface area contributed by atoms with Crippen LogP contribution in [0.3, 0.4) is 0 Å². The SMILES string of the molecule is Cc1nc2n(n1)CCN(C(=O)c1cccc(N)c1)C2. The summed E-state index contributed by atoms with van der Waals surface area (Å²) in [6, 6.07) is 7.04. The van der Waals surface area contributed by atoms with E-state index in [0.717, 1.165) is 11.6 Å². The minimum Gasteiger partial charge on any atom is -0.399 e. The fourth-order valence-electron chi connectivity index (χ4n) is 2.29. The van der Waals surface area contributed by atoms with Gasteiger partial charge in [0.25, 0.3) is 5.91 Å². The summed E-state index contributed by atoms with van der Waals surface area (Å²) in [4.78, 5) is 18.5. The minimum atomic E-state index is -0.0146. The van der Waals surface area contributed by atoms with Gasteiger partial charge in [-0.25, -0.2) is 9.67 Å². The Morgan fingerprint density at radius 1 is 1.37 bits per heavy atom. The van der Waals surface area contributed by atoms with Crippen LogP contribution in [0.2, 0.25) is 0 Å². The van der Waals surface area contributed by atoms with Gasteiger partial charge in [-0.3, -0.25) is 4.79 Å². The van der Waals surface area contributed by atoms with Crippen molar-refractivity contribution in [2.24, 2.45) is 0 Å². The van der Waals surface area contributed by atoms with Crippen molar-refractivity contribution < 1.29 is 4.79 Å². The number of nitrogen functional groups attached to an aromatic ring is 1. The quantitative estimate of drug-likeness (QED) is 0.767. The third-order valence-electron chi connectivity index (χ3n) is 3.19. The molecule has 3 rings (SSSR count). The monoisotopic (exact) mass is 257 g/mol. The summed E-state index contributed by atoms with van der Waals surface area (Å²) < 4.78 is 1.86. The number of hydrogen-bond donors (Lipinski definition) is 1. The Kier molecular flexibility index (Phi) is 2.70. The van der Waals surface area contributed by atoms with Crippen LogP contribution < -0.4 is 5.73 Å². The number of aryl methyl sites for hydroxylation is 1. The highest BCUT2D eigenvalue weighted by Crippen LogP contribution is 2.15. The predicted octanol–water partition coefficient (Wildman–Crippen LogP) is 0.825. The molecule has 2 N–H and O–H groups in total. The highest BCUT2D eigenvalue weighted by molar-refractivity contribution is 5.95. The zero-order valence-electron chi connectivity index (χ0n) is 10.7. The number of fused-ring (bicyclic) bond motifs is 1. The Hall–Kier alpha value is -2.37. The summed E-state index contributed by atoms with van der Waals surface area (Å²) in [5, 5.41) is 4.28. The van der Waals surface area contributed by atoms with Crippen molar-refractivity contribution in [3.05, 3.63) is 41.5 Å². The molecule has 19 heavy (non-hydrogen) atoms. The van der Waals surface area contributed by atoms with Gasteiger partial charge < -0.3 is 10.6 Å². The van der Waals surface area contributed by atoms with E-state index < -0.39 is 0 Å². The Morgan fingerprint density at radius 2 is 2.21 bits per heavy atom. The number of carbonyl (C=O) groups excluding carboxylic acids is 1. The molecule has 0 saturated carbocycles. The number of hydrogen-bond acceptors (Lipinski definition) is 4. The standard InChI is InChI=1S/C13H15N5O/c1-9-15-12-8-17(5-6-18(12)16-9)13(19)10-3-2-4-11(14)7-10/h2-4,7H,5-6,8,14H2,1H3. The lowest BCUT2D eigenvalue weighted by Crippen LogP contribution is -2.38. The van der Waals surface area contributed by atoms with Gasteiger partial charge in [0.2, 0.25) is 0 Å². The van der Waals surface area contributed by atoms with E-state index in [1.165, 1.54) is 0 Å². The molecule has 6 nitrogen and oxygen atoms in total. The first kappa shape index (κ1) is 11.7. The first-order valence-corrected chi connectivity index (χ1v) is 6.18. The van der Waals surface area contributed by atoms with Crippen molar-refractivity contribution in [2.45, 2.75) is 20.0 Å². The molecule has 0 atom stereocenters. The summed E-state index contributed by atoms with van der Waals surface area (Å²) in [7, 11) is 0. The first-order chi connectivity index (χ1) is 9.13. The molecule has 2 heterocycles. The van der Waals surface area contributed by atoms with E-state index in [4.69, 9.17) is 5.73 Å². The number of aromatic nitrogens is 3. The fraction of sp³-hybridized carbons (Fsp3) is 0.308. The van der Waals surface area contributed by atoms with Crippen molar-refractivity contribution in [1.82, 2.24) is 19.7 Å². The molecule has 1 aliphatic heterocycles. The van der Waals surface area contributed by atoms with Crippen LogP contribution in [0.15, 0.2) is 24.3 Å². The lowest BCUT2D eigenvalue weighted by molar-refractivity contribution is 0.0702. The van der Waals surface area contributed by atoms with E-state index in [1.54, 1.807) is 29.2 Å². The largest absolute Gasteiger partial charge is 0.399 e. The Labute approximate surface area is 110 Å². The average molecular weight is 257 g/mol. The number of nitrogens with zero attached hydrogens (tertiary/aromatic N) is 4. The van der Waals surface area contributed by atoms with Gasteiger partial charge in [-0.1, -0.05) is 6.07 Å². The molecule has 1 aromatic heterocycles. The number of carbonyl (C=O) groups is 1. The molecule has 0 aliphatic carbocycles. The van der Waals surface area contributed by atoms with Gasteiger partial charge in [0, 0.05) is 17.8 Å². The lowest BCUT2D eigenvalue weighted by atomic mass is 10.1. The molecule has 0 spiro atoms. The summed E-state index contributed by atoms with van der Waals surface area (Å²) in [5.41, 5.74) is 6.92. The van der Waals surface area contributed by atoms with Crippen molar-refractivity contribution in [2.75, 3.05) is 12.3 Å². The molecular formula is C13H15N5O. The van der Waals surface area contributed by atoms with E-state index in [2.05, 4.69) is 10.1 Å². The zero-order valence-corrected chi connectivity index (χ0v) is 10.7. The van der Waals surface area contributed by atoms with Gasteiger partial charge in [-0.2, -0.15) is 5.10 Å². The minimum absolute atomic E-state index is 0.0146. The van der Waals surface area contributed by atoms with Gasteiger partial charge >= 0.3 is 0 Å². The first-order valence-electron chi connectivity index (χ1n) is 6.18. The number of rotatable bonds is 1. The molecular weight excluding hydrogens is 242 g/mol. The molecule has 98 valence electrons. The molecule has 0 unspecified atom stereocenters. The van der Waals surface area contributed by atoms with Gasteiger partial charge in [0.05, 0.1) is 13.1 Å². The molecule has 6 heteroatoms. The number of anilines is 1. The fourth-order valence-corrected chi connectivity index (χ4v) is 2.29. The number of benzene rings is 1. The molecule has 0 bridgehead atoms. The maximum atomic E-state index is 12.4. The number of nitrogens with two attached hydrogens (primary N) is 1. The summed E-state index contributed by atoms with van der Waals surface area (Å²) in [5.74, 6) is 1.56. The van der Waals surface area contributed by atoms with Crippen LogP contribution in [0.1, 0.15) is 22.0 Å². The molecule has 2 aromatic rings. The zero-order chi connectivity index (χ0) is 13.4. The van der Waals surface area contributed by atoms with Gasteiger partial charge in [-0.15, -0.1) is 0 Å². The van der Waals surface area contributed by atoms with Crippen LogP contribution in [-0.4, -0.2) is 32.1 Å². The number of amides is 1. The van der Waals surface area contributed by atoms with Crippen molar-refractivity contribution in [1.29, 1.82) is 0 Å². The molecule has 1 amide bonds. The molecule has 0 saturated heterocycles. The molecule has 1 aromatic carbocycles. The molecule has 1 aliphatic rings. The smallest absolute Gasteiger partial charge is 0.254 e. The van der Waals surface area contributed by atoms with Crippen molar-refractivity contribution in [3.8, 4) is 0 Å². The second kappa shape index (κ2) is 4.38. The van der Waals surface area contributed by atoms with Crippen LogP contribution in [0.4, 0.5) is 5.69 Å². The van der Waals surface area contributed by atoms with E-state index in [-0.39, 0.29) is 5.91 Å². The second-order valence-corrected chi connectivity index (χ2v) is 4.65. The van der Waals surface area contributed by atoms with E-state index in [1.807, 2.05) is 11.6 Å². The summed E-state index contributed by atoms with van der Waals surface area (Å²) in [6.07, 6.45) is 0. The highest BCUT2D eigenvalue weighted by Gasteiger charge is 2.23. The lowest BCUT2D eigenvalue weighted by Gasteiger charge is -2.26. The Balaban J connectivity index is 1.83. The summed E-state index contributed by atoms with van der Waals surface area (Å²) in [6.45, 7) is 3.68. The molecule has 0 fully saturated rings. The van der Waals surface area contributed by atoms with Crippen LogP contribution in [0.5, 0.6) is 0 Å². The van der Waals surface area contributed by atoms with Gasteiger partial charge in [0.1, 0.15) is 11.6 Å². The maximum absolute atomic E-state index is 12.4. The summed E-state index contributed by atoms with van der Waals surface area (Å²) >= 11 is 0. The average Bonchev–Trinajstić information content (AvgIpc) is 2.76. The van der Waals surface area contributed by atoms with Gasteiger partial charge in [0.15, 0.2) is 0 Å². The van der Waals surface area contributed by atoms with Crippen LogP contribution in [-0.2, 0) is 13.1 Å². The van der Waals surface area contributed by atoms with Crippen molar-refractivity contribution >= 4 is 11.6 Å². The normalized spacial score (nSPS) is 14.3. The van der Waals surface area contributed by atoms with Crippen molar-refractivity contribution in [3.63, 3.8) is 0 Å². The topological polar surface area (TPSA) is 77.0 Å². The van der Waals surface area contributed by atoms with E-state index in [0.29, 0.717) is 30.9 Å². The highest BCUT2D eigenvalue weighted by atomic mass is 16.2. The van der Waals surface area contributed by atoms with Crippen LogP contribution in [0.25, 0.3) is 0 Å².